The molecule has 1 aliphatic carbocycles. The van der Waals surface area contributed by atoms with Gasteiger partial charge in [-0.2, -0.15) is 0 Å². The molecule has 0 aliphatic heterocycles. The standard InChI is InChI=1S/C9H15N3O2/c10-12-11-7-6-9(14-8-13)4-2-1-3-5-9/h8H,1-7H2. The summed E-state index contributed by atoms with van der Waals surface area (Å²) >= 11 is 0. The van der Waals surface area contributed by atoms with E-state index < -0.39 is 0 Å². The molecule has 0 aromatic carbocycles. The Morgan fingerprint density at radius 2 is 2.14 bits per heavy atom. The van der Waals surface area contributed by atoms with Crippen molar-refractivity contribution >= 4 is 6.47 Å². The van der Waals surface area contributed by atoms with Crippen molar-refractivity contribution in [3.8, 4) is 0 Å². The van der Waals surface area contributed by atoms with Gasteiger partial charge in [0, 0.05) is 11.5 Å². The molecule has 0 unspecified atom stereocenters. The highest BCUT2D eigenvalue weighted by atomic mass is 16.5. The van der Waals surface area contributed by atoms with Gasteiger partial charge < -0.3 is 4.74 Å². The fourth-order valence-corrected chi connectivity index (χ4v) is 2.02. The lowest BCUT2D eigenvalue weighted by atomic mass is 9.82. The first kappa shape index (κ1) is 10.9. The zero-order valence-corrected chi connectivity index (χ0v) is 8.19. The van der Waals surface area contributed by atoms with Crippen molar-refractivity contribution in [3.63, 3.8) is 0 Å². The molecule has 0 spiro atoms. The monoisotopic (exact) mass is 197 g/mol. The van der Waals surface area contributed by atoms with Gasteiger partial charge in [-0.05, 0) is 37.6 Å². The third-order valence-electron chi connectivity index (χ3n) is 2.79. The van der Waals surface area contributed by atoms with Crippen LogP contribution in [0.1, 0.15) is 38.5 Å². The molecule has 14 heavy (non-hydrogen) atoms. The fraction of sp³-hybridized carbons (Fsp3) is 0.889. The van der Waals surface area contributed by atoms with E-state index in [2.05, 4.69) is 10.0 Å². The van der Waals surface area contributed by atoms with Gasteiger partial charge in [0.15, 0.2) is 0 Å². The predicted octanol–water partition coefficient (Wildman–Crippen LogP) is 2.56. The lowest BCUT2D eigenvalue weighted by molar-refractivity contribution is -0.147. The summed E-state index contributed by atoms with van der Waals surface area (Å²) in [5.74, 6) is 0. The van der Waals surface area contributed by atoms with Gasteiger partial charge in [-0.1, -0.05) is 11.5 Å². The quantitative estimate of drug-likeness (QED) is 0.294. The Labute approximate surface area is 83.1 Å². The number of carbonyl (C=O) groups excluding carboxylic acids is 1. The second-order valence-corrected chi connectivity index (χ2v) is 3.66. The first-order valence-electron chi connectivity index (χ1n) is 4.95. The van der Waals surface area contributed by atoms with Crippen molar-refractivity contribution < 1.29 is 9.53 Å². The molecule has 1 fully saturated rings. The van der Waals surface area contributed by atoms with E-state index in [-0.39, 0.29) is 5.60 Å². The Bertz CT molecular complexity index is 230. The van der Waals surface area contributed by atoms with E-state index in [0.717, 1.165) is 25.7 Å². The number of hydrogen-bond donors (Lipinski definition) is 0. The van der Waals surface area contributed by atoms with Crippen LogP contribution in [0.4, 0.5) is 0 Å². The molecule has 0 radical (unpaired) electrons. The second kappa shape index (κ2) is 5.50. The largest absolute Gasteiger partial charge is 0.461 e. The number of carbonyl (C=O) groups is 1. The van der Waals surface area contributed by atoms with Gasteiger partial charge in [0.05, 0.1) is 0 Å². The lowest BCUT2D eigenvalue weighted by Crippen LogP contribution is -2.35. The van der Waals surface area contributed by atoms with Crippen molar-refractivity contribution in [1.29, 1.82) is 0 Å². The van der Waals surface area contributed by atoms with Crippen molar-refractivity contribution in [3.05, 3.63) is 10.4 Å². The molecule has 0 N–H and O–H groups in total. The highest BCUT2D eigenvalue weighted by molar-refractivity contribution is 5.38. The molecule has 0 bridgehead atoms. The third kappa shape index (κ3) is 2.92. The summed E-state index contributed by atoms with van der Waals surface area (Å²) in [4.78, 5) is 13.1. The maximum atomic E-state index is 10.4. The van der Waals surface area contributed by atoms with E-state index in [9.17, 15) is 4.79 Å². The molecule has 1 aliphatic rings. The number of ether oxygens (including phenoxy) is 1. The van der Waals surface area contributed by atoms with Crippen molar-refractivity contribution in [1.82, 2.24) is 0 Å². The highest BCUT2D eigenvalue weighted by Crippen LogP contribution is 2.33. The first-order valence-corrected chi connectivity index (χ1v) is 4.95. The molecule has 1 saturated carbocycles. The van der Waals surface area contributed by atoms with Crippen LogP contribution in [0.15, 0.2) is 5.11 Å². The van der Waals surface area contributed by atoms with Crippen LogP contribution in [0.5, 0.6) is 0 Å². The summed E-state index contributed by atoms with van der Waals surface area (Å²) in [6.07, 6.45) is 5.81. The SMILES string of the molecule is [N-]=[N+]=NCCC1(OC=O)CCCCC1. The summed E-state index contributed by atoms with van der Waals surface area (Å²) in [5, 5.41) is 3.48. The number of rotatable bonds is 5. The maximum Gasteiger partial charge on any atom is 0.293 e. The number of hydrogen-bond acceptors (Lipinski definition) is 3. The average molecular weight is 197 g/mol. The van der Waals surface area contributed by atoms with E-state index in [4.69, 9.17) is 10.3 Å². The number of azide groups is 1. The molecule has 78 valence electrons. The first-order chi connectivity index (χ1) is 6.83. The van der Waals surface area contributed by atoms with Crippen molar-refractivity contribution in [2.24, 2.45) is 5.11 Å². The Morgan fingerprint density at radius 1 is 1.43 bits per heavy atom. The minimum absolute atomic E-state index is 0.353. The van der Waals surface area contributed by atoms with Crippen LogP contribution in [-0.2, 0) is 9.53 Å². The summed E-state index contributed by atoms with van der Waals surface area (Å²) < 4.78 is 5.15. The zero-order valence-electron chi connectivity index (χ0n) is 8.19. The van der Waals surface area contributed by atoms with E-state index in [1.54, 1.807) is 0 Å². The van der Waals surface area contributed by atoms with Crippen LogP contribution in [0.25, 0.3) is 10.4 Å². The molecule has 5 heteroatoms. The average Bonchev–Trinajstić information content (AvgIpc) is 2.20. The zero-order chi connectivity index (χ0) is 10.3. The van der Waals surface area contributed by atoms with Crippen LogP contribution in [0, 0.1) is 0 Å². The summed E-state index contributed by atoms with van der Waals surface area (Å²) in [5.41, 5.74) is 7.80. The molecule has 0 heterocycles. The predicted molar refractivity (Wildman–Crippen MR) is 51.6 cm³/mol. The third-order valence-corrected chi connectivity index (χ3v) is 2.79. The Kier molecular flexibility index (Phi) is 4.26. The Morgan fingerprint density at radius 3 is 2.71 bits per heavy atom. The second-order valence-electron chi connectivity index (χ2n) is 3.66. The minimum atomic E-state index is -0.353. The lowest BCUT2D eigenvalue weighted by Gasteiger charge is -2.35. The molecular weight excluding hydrogens is 182 g/mol. The van der Waals surface area contributed by atoms with E-state index in [1.165, 1.54) is 6.42 Å². The van der Waals surface area contributed by atoms with Crippen molar-refractivity contribution in [2.75, 3.05) is 6.54 Å². The molecule has 0 aromatic rings. The molecule has 0 amide bonds. The van der Waals surface area contributed by atoms with Gasteiger partial charge in [0.2, 0.25) is 0 Å². The Hall–Kier alpha value is -1.22. The fourth-order valence-electron chi connectivity index (χ4n) is 2.02. The molecule has 5 nitrogen and oxygen atoms in total. The molecule has 0 saturated heterocycles. The molecule has 0 atom stereocenters. The molecular formula is C9H15N3O2. The Balaban J connectivity index is 2.50. The van der Waals surface area contributed by atoms with E-state index in [1.807, 2.05) is 0 Å². The molecule has 0 aromatic heterocycles. The van der Waals surface area contributed by atoms with Crippen molar-refractivity contribution in [2.45, 2.75) is 44.1 Å². The van der Waals surface area contributed by atoms with E-state index in [0.29, 0.717) is 19.4 Å². The van der Waals surface area contributed by atoms with Crippen LogP contribution in [-0.4, -0.2) is 18.6 Å². The van der Waals surface area contributed by atoms with Crippen LogP contribution in [0.2, 0.25) is 0 Å². The van der Waals surface area contributed by atoms with Crippen LogP contribution in [0.3, 0.4) is 0 Å². The highest BCUT2D eigenvalue weighted by Gasteiger charge is 2.32. The van der Waals surface area contributed by atoms with Gasteiger partial charge in [0.1, 0.15) is 5.60 Å². The number of nitrogens with zero attached hydrogens (tertiary/aromatic N) is 3. The minimum Gasteiger partial charge on any atom is -0.461 e. The van der Waals surface area contributed by atoms with Gasteiger partial charge in [0.25, 0.3) is 6.47 Å². The molecule has 1 rings (SSSR count). The van der Waals surface area contributed by atoms with Crippen LogP contribution >= 0.6 is 0 Å². The van der Waals surface area contributed by atoms with Gasteiger partial charge in [-0.15, -0.1) is 0 Å². The maximum absolute atomic E-state index is 10.4. The van der Waals surface area contributed by atoms with Gasteiger partial charge >= 0.3 is 0 Å². The summed E-state index contributed by atoms with van der Waals surface area (Å²) in [6, 6.07) is 0. The van der Waals surface area contributed by atoms with E-state index >= 15 is 0 Å². The smallest absolute Gasteiger partial charge is 0.293 e. The van der Waals surface area contributed by atoms with Crippen LogP contribution < -0.4 is 0 Å². The van der Waals surface area contributed by atoms with Gasteiger partial charge in [-0.3, -0.25) is 4.79 Å². The van der Waals surface area contributed by atoms with Gasteiger partial charge in [-0.25, -0.2) is 0 Å². The normalized spacial score (nSPS) is 19.4. The topological polar surface area (TPSA) is 75.1 Å². The summed E-state index contributed by atoms with van der Waals surface area (Å²) in [7, 11) is 0. The summed E-state index contributed by atoms with van der Waals surface area (Å²) in [6.45, 7) is 0.922.